The van der Waals surface area contributed by atoms with E-state index >= 15 is 0 Å². The number of amidine groups is 1. The Morgan fingerprint density at radius 3 is 2.56 bits per heavy atom. The zero-order valence-corrected chi connectivity index (χ0v) is 15.3. The lowest BCUT2D eigenvalue weighted by Gasteiger charge is -2.12. The highest BCUT2D eigenvalue weighted by Gasteiger charge is 2.32. The third-order valence-corrected chi connectivity index (χ3v) is 4.78. The lowest BCUT2D eigenvalue weighted by atomic mass is 10.2. The smallest absolute Gasteiger partial charge is 0.266 e. The molecule has 0 saturated carbocycles. The van der Waals surface area contributed by atoms with Crippen molar-refractivity contribution in [3.05, 3.63) is 59.1 Å². The Hall–Kier alpha value is -2.60. The second-order valence-corrected chi connectivity index (χ2v) is 6.74. The quantitative estimate of drug-likeness (QED) is 0.786. The predicted octanol–water partition coefficient (Wildman–Crippen LogP) is 3.77. The summed E-state index contributed by atoms with van der Waals surface area (Å²) in [6.07, 6.45) is 3.61. The number of anilines is 1. The number of carbonyl (C=O) groups excluding carboxylic acids is 1. The highest BCUT2D eigenvalue weighted by Crippen LogP contribution is 2.33. The van der Waals surface area contributed by atoms with Crippen molar-refractivity contribution >= 4 is 40.4 Å². The van der Waals surface area contributed by atoms with Gasteiger partial charge in [0.15, 0.2) is 11.0 Å². The van der Waals surface area contributed by atoms with Crippen LogP contribution in [0.4, 0.5) is 11.5 Å². The normalized spacial score (nSPS) is 17.6. The number of hydrogen-bond donors (Lipinski definition) is 0. The summed E-state index contributed by atoms with van der Waals surface area (Å²) >= 11 is 1.39. The molecule has 1 fully saturated rings. The highest BCUT2D eigenvalue weighted by molar-refractivity contribution is 8.18. The Balaban J connectivity index is 1.88. The molecule has 0 radical (unpaired) electrons. The fourth-order valence-electron chi connectivity index (χ4n) is 2.41. The van der Waals surface area contributed by atoms with Gasteiger partial charge in [-0.2, -0.15) is 0 Å². The van der Waals surface area contributed by atoms with E-state index in [1.807, 2.05) is 74.5 Å². The van der Waals surface area contributed by atoms with Crippen LogP contribution in [-0.2, 0) is 4.79 Å². The number of benzene rings is 1. The Morgan fingerprint density at radius 2 is 1.96 bits per heavy atom. The van der Waals surface area contributed by atoms with E-state index in [9.17, 15) is 4.79 Å². The van der Waals surface area contributed by atoms with Gasteiger partial charge >= 0.3 is 0 Å². The molecule has 1 aromatic heterocycles. The molecule has 0 aliphatic carbocycles. The Kier molecular flexibility index (Phi) is 5.19. The molecule has 25 heavy (non-hydrogen) atoms. The van der Waals surface area contributed by atoms with Crippen molar-refractivity contribution in [3.8, 4) is 0 Å². The van der Waals surface area contributed by atoms with Gasteiger partial charge in [0, 0.05) is 32.5 Å². The molecule has 3 rings (SSSR count). The molecule has 1 aliphatic heterocycles. The van der Waals surface area contributed by atoms with Gasteiger partial charge in [-0.25, -0.2) is 9.98 Å². The number of pyridine rings is 1. The lowest BCUT2D eigenvalue weighted by Crippen LogP contribution is -2.28. The van der Waals surface area contributed by atoms with Crippen molar-refractivity contribution in [2.24, 2.45) is 4.99 Å². The zero-order chi connectivity index (χ0) is 17.8. The molecule has 5 nitrogen and oxygen atoms in total. The van der Waals surface area contributed by atoms with Crippen molar-refractivity contribution in [2.45, 2.75) is 6.92 Å². The highest BCUT2D eigenvalue weighted by atomic mass is 32.2. The fraction of sp³-hybridized carbons (Fsp3) is 0.211. The summed E-state index contributed by atoms with van der Waals surface area (Å²) in [7, 11) is 4.01. The topological polar surface area (TPSA) is 48.8 Å². The average molecular weight is 352 g/mol. The van der Waals surface area contributed by atoms with Crippen LogP contribution in [0.1, 0.15) is 12.5 Å². The van der Waals surface area contributed by atoms with Crippen LogP contribution in [0.15, 0.2) is 58.6 Å². The SMILES string of the molecule is CCN1C(=O)/C(=C/c2ccc(N(C)C)cc2)S/C1=N/c1ccccn1. The van der Waals surface area contributed by atoms with Gasteiger partial charge in [0.05, 0.1) is 4.91 Å². The van der Waals surface area contributed by atoms with Crippen molar-refractivity contribution in [1.82, 2.24) is 9.88 Å². The molecule has 2 heterocycles. The molecule has 0 N–H and O–H groups in total. The molecule has 1 amide bonds. The first-order valence-corrected chi connectivity index (χ1v) is 8.88. The number of carbonyl (C=O) groups is 1. The van der Waals surface area contributed by atoms with Crippen LogP contribution < -0.4 is 4.90 Å². The van der Waals surface area contributed by atoms with Gasteiger partial charge in [-0.1, -0.05) is 18.2 Å². The second kappa shape index (κ2) is 7.53. The Bertz CT molecular complexity index is 813. The molecule has 1 saturated heterocycles. The van der Waals surface area contributed by atoms with Crippen molar-refractivity contribution < 1.29 is 4.79 Å². The minimum atomic E-state index is -0.0149. The van der Waals surface area contributed by atoms with Gasteiger partial charge < -0.3 is 4.90 Å². The number of thioether (sulfide) groups is 1. The molecule has 0 atom stereocenters. The largest absolute Gasteiger partial charge is 0.378 e. The molecule has 128 valence electrons. The summed E-state index contributed by atoms with van der Waals surface area (Å²) < 4.78 is 0. The van der Waals surface area contributed by atoms with Gasteiger partial charge in [-0.3, -0.25) is 9.69 Å². The molecular weight excluding hydrogens is 332 g/mol. The summed E-state index contributed by atoms with van der Waals surface area (Å²) in [5.74, 6) is 0.590. The van der Waals surface area contributed by atoms with Crippen LogP contribution in [0.2, 0.25) is 0 Å². The van der Waals surface area contributed by atoms with E-state index in [2.05, 4.69) is 9.98 Å². The zero-order valence-electron chi connectivity index (χ0n) is 14.5. The summed E-state index contributed by atoms with van der Waals surface area (Å²) in [6, 6.07) is 13.7. The first-order chi connectivity index (χ1) is 12.1. The summed E-state index contributed by atoms with van der Waals surface area (Å²) in [6.45, 7) is 2.52. The number of rotatable bonds is 4. The van der Waals surface area contributed by atoms with Crippen LogP contribution in [0.25, 0.3) is 6.08 Å². The van der Waals surface area contributed by atoms with Crippen LogP contribution >= 0.6 is 11.8 Å². The van der Waals surface area contributed by atoms with Crippen LogP contribution in [0.5, 0.6) is 0 Å². The first kappa shape index (κ1) is 17.2. The maximum atomic E-state index is 12.6. The summed E-state index contributed by atoms with van der Waals surface area (Å²) in [4.78, 5) is 25.8. The number of likely N-dealkylation sites (N-methyl/N-ethyl adjacent to an activating group) is 1. The van der Waals surface area contributed by atoms with Crippen LogP contribution in [0.3, 0.4) is 0 Å². The molecule has 6 heteroatoms. The van der Waals surface area contributed by atoms with Gasteiger partial charge in [0.25, 0.3) is 5.91 Å². The van der Waals surface area contributed by atoms with Gasteiger partial charge in [-0.05, 0) is 54.6 Å². The van der Waals surface area contributed by atoms with Crippen LogP contribution in [0, 0.1) is 0 Å². The van der Waals surface area contributed by atoms with E-state index in [1.165, 1.54) is 11.8 Å². The number of aromatic nitrogens is 1. The van der Waals surface area contributed by atoms with Gasteiger partial charge in [-0.15, -0.1) is 0 Å². The van der Waals surface area contributed by atoms with Gasteiger partial charge in [0.1, 0.15) is 0 Å². The van der Waals surface area contributed by atoms with E-state index in [4.69, 9.17) is 0 Å². The fourth-order valence-corrected chi connectivity index (χ4v) is 3.46. The third kappa shape index (κ3) is 3.91. The number of aliphatic imine (C=N–C) groups is 1. The molecule has 0 spiro atoms. The molecule has 0 bridgehead atoms. The number of amides is 1. The monoisotopic (exact) mass is 352 g/mol. The van der Waals surface area contributed by atoms with Crippen molar-refractivity contribution in [3.63, 3.8) is 0 Å². The predicted molar refractivity (Wildman–Crippen MR) is 105 cm³/mol. The maximum Gasteiger partial charge on any atom is 0.266 e. The molecular formula is C19H20N4OS. The lowest BCUT2D eigenvalue weighted by molar-refractivity contribution is -0.122. The summed E-state index contributed by atoms with van der Waals surface area (Å²) in [5.41, 5.74) is 2.12. The number of hydrogen-bond acceptors (Lipinski definition) is 5. The van der Waals surface area contributed by atoms with Crippen molar-refractivity contribution in [1.29, 1.82) is 0 Å². The van der Waals surface area contributed by atoms with E-state index < -0.39 is 0 Å². The molecule has 1 aliphatic rings. The van der Waals surface area contributed by atoms with E-state index in [1.54, 1.807) is 11.1 Å². The molecule has 0 unspecified atom stereocenters. The van der Waals surface area contributed by atoms with Gasteiger partial charge in [0.2, 0.25) is 0 Å². The minimum Gasteiger partial charge on any atom is -0.378 e. The maximum absolute atomic E-state index is 12.6. The standard InChI is InChI=1S/C19H20N4OS/c1-4-23-18(24)16(13-14-8-10-15(11-9-14)22(2)3)25-19(23)21-17-7-5-6-12-20-17/h5-13H,4H2,1-3H3/b16-13-,21-19+. The second-order valence-electron chi connectivity index (χ2n) is 5.73. The van der Waals surface area contributed by atoms with E-state index in [-0.39, 0.29) is 5.91 Å². The van der Waals surface area contributed by atoms with Crippen LogP contribution in [-0.4, -0.2) is 41.6 Å². The van der Waals surface area contributed by atoms with E-state index in [0.29, 0.717) is 22.4 Å². The number of nitrogens with zero attached hydrogens (tertiary/aromatic N) is 4. The minimum absolute atomic E-state index is 0.0149. The van der Waals surface area contributed by atoms with Crippen molar-refractivity contribution in [2.75, 3.05) is 25.5 Å². The third-order valence-electron chi connectivity index (χ3n) is 3.77. The molecule has 1 aromatic carbocycles. The first-order valence-electron chi connectivity index (χ1n) is 8.07. The van der Waals surface area contributed by atoms with E-state index in [0.717, 1.165) is 11.3 Å². The molecule has 2 aromatic rings. The Labute approximate surface area is 152 Å². The Morgan fingerprint density at radius 1 is 1.20 bits per heavy atom. The average Bonchev–Trinajstić information content (AvgIpc) is 2.91. The summed E-state index contributed by atoms with van der Waals surface area (Å²) in [5, 5.41) is 0.669.